The average molecular weight is 271 g/mol. The lowest BCUT2D eigenvalue weighted by Gasteiger charge is -2.09. The van der Waals surface area contributed by atoms with Crippen molar-refractivity contribution in [1.29, 1.82) is 0 Å². The first-order chi connectivity index (χ1) is 9.06. The summed E-state index contributed by atoms with van der Waals surface area (Å²) in [5.41, 5.74) is 8.51. The Morgan fingerprint density at radius 3 is 2.42 bits per heavy atom. The van der Waals surface area contributed by atoms with Crippen molar-refractivity contribution in [3.63, 3.8) is 0 Å². The van der Waals surface area contributed by atoms with Crippen molar-refractivity contribution in [2.75, 3.05) is 5.32 Å². The van der Waals surface area contributed by atoms with Crippen molar-refractivity contribution in [1.82, 2.24) is 4.98 Å². The van der Waals surface area contributed by atoms with Crippen molar-refractivity contribution >= 4 is 28.7 Å². The number of rotatable bonds is 4. The number of benzene rings is 1. The van der Waals surface area contributed by atoms with Crippen molar-refractivity contribution in [2.24, 2.45) is 5.73 Å². The highest BCUT2D eigenvalue weighted by Gasteiger charge is 2.02. The van der Waals surface area contributed by atoms with E-state index in [2.05, 4.69) is 36.3 Å². The van der Waals surface area contributed by atoms with Crippen LogP contribution in [0.1, 0.15) is 31.0 Å². The van der Waals surface area contributed by atoms with Crippen LogP contribution in [0.5, 0.6) is 0 Å². The Hall–Kier alpha value is -1.94. The number of hydrogen-bond acceptors (Lipinski definition) is 3. The molecule has 0 aliphatic heterocycles. The van der Waals surface area contributed by atoms with E-state index in [4.69, 9.17) is 18.0 Å². The second-order valence-corrected chi connectivity index (χ2v) is 5.11. The van der Waals surface area contributed by atoms with Gasteiger partial charge >= 0.3 is 0 Å². The summed E-state index contributed by atoms with van der Waals surface area (Å²) in [7, 11) is 0. The molecule has 0 amide bonds. The molecule has 19 heavy (non-hydrogen) atoms. The lowest BCUT2D eigenvalue weighted by Crippen LogP contribution is -2.12. The highest BCUT2D eigenvalue weighted by atomic mass is 32.1. The number of nitrogens with zero attached hydrogens (tertiary/aromatic N) is 1. The van der Waals surface area contributed by atoms with E-state index in [1.165, 1.54) is 5.56 Å². The highest BCUT2D eigenvalue weighted by molar-refractivity contribution is 7.80. The molecule has 1 aromatic heterocycles. The minimum atomic E-state index is 0.304. The van der Waals surface area contributed by atoms with Gasteiger partial charge in [-0.3, -0.25) is 0 Å². The molecule has 0 radical (unpaired) electrons. The predicted octanol–water partition coefficient (Wildman–Crippen LogP) is 3.58. The van der Waals surface area contributed by atoms with Crippen LogP contribution in [0.15, 0.2) is 42.5 Å². The Labute approximate surface area is 118 Å². The summed E-state index contributed by atoms with van der Waals surface area (Å²) in [5, 5.41) is 3.24. The Kier molecular flexibility index (Phi) is 4.12. The second-order valence-electron chi connectivity index (χ2n) is 4.67. The summed E-state index contributed by atoms with van der Waals surface area (Å²) in [4.78, 5) is 4.65. The molecule has 0 bridgehead atoms. The monoisotopic (exact) mass is 271 g/mol. The lowest BCUT2D eigenvalue weighted by molar-refractivity contribution is 0.867. The third-order valence-corrected chi connectivity index (χ3v) is 3.06. The van der Waals surface area contributed by atoms with Crippen LogP contribution in [0, 0.1) is 0 Å². The van der Waals surface area contributed by atoms with Gasteiger partial charge in [0.1, 0.15) is 10.8 Å². The summed E-state index contributed by atoms with van der Waals surface area (Å²) in [6.45, 7) is 4.35. The zero-order valence-electron chi connectivity index (χ0n) is 11.1. The van der Waals surface area contributed by atoms with Gasteiger partial charge in [0, 0.05) is 5.69 Å². The number of thiocarbonyl (C=S) groups is 1. The molecule has 0 aliphatic carbocycles. The van der Waals surface area contributed by atoms with Crippen molar-refractivity contribution < 1.29 is 0 Å². The van der Waals surface area contributed by atoms with Crippen molar-refractivity contribution in [3.05, 3.63) is 53.7 Å². The van der Waals surface area contributed by atoms with E-state index in [1.807, 2.05) is 24.3 Å². The summed E-state index contributed by atoms with van der Waals surface area (Å²) in [5.74, 6) is 1.27. The van der Waals surface area contributed by atoms with Crippen molar-refractivity contribution in [3.8, 4) is 0 Å². The molecule has 0 saturated heterocycles. The second kappa shape index (κ2) is 5.80. The molecule has 0 fully saturated rings. The molecule has 0 atom stereocenters. The van der Waals surface area contributed by atoms with Gasteiger partial charge in [0.05, 0.1) is 5.69 Å². The van der Waals surface area contributed by atoms with Crippen LogP contribution in [0.4, 0.5) is 11.5 Å². The molecule has 2 aromatic rings. The Bertz CT molecular complexity index is 576. The zero-order chi connectivity index (χ0) is 13.8. The largest absolute Gasteiger partial charge is 0.388 e. The quantitative estimate of drug-likeness (QED) is 0.834. The normalized spacial score (nSPS) is 10.5. The Balaban J connectivity index is 2.16. The summed E-state index contributed by atoms with van der Waals surface area (Å²) < 4.78 is 0. The van der Waals surface area contributed by atoms with Crippen LogP contribution in [-0.2, 0) is 0 Å². The topological polar surface area (TPSA) is 50.9 Å². The van der Waals surface area contributed by atoms with Gasteiger partial charge in [-0.25, -0.2) is 4.98 Å². The minimum Gasteiger partial charge on any atom is -0.388 e. The molecule has 3 nitrogen and oxygen atoms in total. The third kappa shape index (κ3) is 3.51. The smallest absolute Gasteiger partial charge is 0.131 e. The highest BCUT2D eigenvalue weighted by Crippen LogP contribution is 2.19. The minimum absolute atomic E-state index is 0.304. The maximum atomic E-state index is 5.57. The average Bonchev–Trinajstić information content (AvgIpc) is 2.39. The van der Waals surface area contributed by atoms with Crippen LogP contribution in [0.3, 0.4) is 0 Å². The van der Waals surface area contributed by atoms with E-state index in [0.717, 1.165) is 11.5 Å². The van der Waals surface area contributed by atoms with E-state index in [1.54, 1.807) is 6.07 Å². The van der Waals surface area contributed by atoms with Gasteiger partial charge in [-0.1, -0.05) is 44.3 Å². The SMILES string of the molecule is CC(C)c1ccc(Nc2cccc(C(N)=S)n2)cc1. The van der Waals surface area contributed by atoms with E-state index < -0.39 is 0 Å². The molecule has 4 heteroatoms. The molecule has 3 N–H and O–H groups in total. The molecule has 0 saturated carbocycles. The number of hydrogen-bond donors (Lipinski definition) is 2. The van der Waals surface area contributed by atoms with E-state index in [0.29, 0.717) is 16.6 Å². The van der Waals surface area contributed by atoms with Crippen LogP contribution < -0.4 is 11.1 Å². The molecular formula is C15H17N3S. The fourth-order valence-corrected chi connectivity index (χ4v) is 1.85. The lowest BCUT2D eigenvalue weighted by atomic mass is 10.0. The molecule has 0 unspecified atom stereocenters. The molecule has 2 rings (SSSR count). The van der Waals surface area contributed by atoms with Gasteiger partial charge in [0.25, 0.3) is 0 Å². The summed E-state index contributed by atoms with van der Waals surface area (Å²) in [6.07, 6.45) is 0. The van der Waals surface area contributed by atoms with Crippen LogP contribution in [0.25, 0.3) is 0 Å². The number of nitrogens with one attached hydrogen (secondary N) is 1. The van der Waals surface area contributed by atoms with Gasteiger partial charge in [0.15, 0.2) is 0 Å². The van der Waals surface area contributed by atoms with Gasteiger partial charge in [-0.05, 0) is 35.7 Å². The summed E-state index contributed by atoms with van der Waals surface area (Å²) >= 11 is 4.92. The fourth-order valence-electron chi connectivity index (χ4n) is 1.74. The first kappa shape index (κ1) is 13.5. The van der Waals surface area contributed by atoms with Crippen molar-refractivity contribution in [2.45, 2.75) is 19.8 Å². The van der Waals surface area contributed by atoms with Crippen LogP contribution in [0.2, 0.25) is 0 Å². The van der Waals surface area contributed by atoms with Crippen LogP contribution in [-0.4, -0.2) is 9.97 Å². The van der Waals surface area contributed by atoms with E-state index in [9.17, 15) is 0 Å². The third-order valence-electron chi connectivity index (χ3n) is 2.85. The number of aromatic nitrogens is 1. The zero-order valence-corrected chi connectivity index (χ0v) is 11.9. The molecule has 1 heterocycles. The first-order valence-electron chi connectivity index (χ1n) is 6.20. The van der Waals surface area contributed by atoms with Gasteiger partial charge in [0.2, 0.25) is 0 Å². The van der Waals surface area contributed by atoms with Crippen LogP contribution >= 0.6 is 12.2 Å². The molecule has 98 valence electrons. The predicted molar refractivity (Wildman–Crippen MR) is 83.9 cm³/mol. The molecular weight excluding hydrogens is 254 g/mol. The number of anilines is 2. The van der Waals surface area contributed by atoms with Gasteiger partial charge in [-0.15, -0.1) is 0 Å². The first-order valence-corrected chi connectivity index (χ1v) is 6.61. The maximum Gasteiger partial charge on any atom is 0.131 e. The van der Waals surface area contributed by atoms with Gasteiger partial charge < -0.3 is 11.1 Å². The number of pyridine rings is 1. The van der Waals surface area contributed by atoms with E-state index >= 15 is 0 Å². The Morgan fingerprint density at radius 1 is 1.16 bits per heavy atom. The molecule has 1 aromatic carbocycles. The fraction of sp³-hybridized carbons (Fsp3) is 0.200. The number of nitrogens with two attached hydrogens (primary N) is 1. The molecule has 0 spiro atoms. The molecule has 0 aliphatic rings. The standard InChI is InChI=1S/C15H17N3S/c1-10(2)11-6-8-12(9-7-11)17-14-5-3-4-13(18-14)15(16)19/h3-10H,1-2H3,(H2,16,19)(H,17,18). The maximum absolute atomic E-state index is 5.57. The van der Waals surface area contributed by atoms with Gasteiger partial charge in [-0.2, -0.15) is 0 Å². The Morgan fingerprint density at radius 2 is 1.84 bits per heavy atom. The van der Waals surface area contributed by atoms with E-state index in [-0.39, 0.29) is 0 Å². The summed E-state index contributed by atoms with van der Waals surface area (Å²) in [6, 6.07) is 13.9.